The normalized spacial score (nSPS) is 17.8. The molecule has 5 nitrogen and oxygen atoms in total. The van der Waals surface area contributed by atoms with Crippen molar-refractivity contribution in [2.24, 2.45) is 11.8 Å². The van der Waals surface area contributed by atoms with Crippen LogP contribution in [-0.2, 0) is 13.2 Å². The number of benzene rings is 2. The van der Waals surface area contributed by atoms with Gasteiger partial charge in [-0.3, -0.25) is 0 Å². The van der Waals surface area contributed by atoms with Crippen LogP contribution in [0.1, 0.15) is 57.2 Å². The summed E-state index contributed by atoms with van der Waals surface area (Å²) in [6, 6.07) is 13.9. The Morgan fingerprint density at radius 3 is 2.50 bits per heavy atom. The highest BCUT2D eigenvalue weighted by Crippen LogP contribution is 2.30. The summed E-state index contributed by atoms with van der Waals surface area (Å²) < 4.78 is 14.8. The number of aromatic nitrogens is 2. The lowest BCUT2D eigenvalue weighted by Crippen LogP contribution is -2.28. The zero-order chi connectivity index (χ0) is 23.2. The molecule has 34 heavy (non-hydrogen) atoms. The largest absolute Gasteiger partial charge is 0.491 e. The third kappa shape index (κ3) is 5.87. The van der Waals surface area contributed by atoms with Crippen molar-refractivity contribution in [3.05, 3.63) is 53.3 Å². The Morgan fingerprint density at radius 1 is 0.912 bits per heavy atom. The molecule has 5 rings (SSSR count). The Labute approximate surface area is 207 Å². The summed E-state index contributed by atoms with van der Waals surface area (Å²) in [5.41, 5.74) is 2.10. The molecule has 1 saturated carbocycles. The predicted octanol–water partition coefficient (Wildman–Crippen LogP) is 6.62. The van der Waals surface area contributed by atoms with E-state index in [-0.39, 0.29) is 0 Å². The number of nitrogens with zero attached hydrogens (tertiary/aromatic N) is 2. The maximum absolute atomic E-state index is 6.36. The van der Waals surface area contributed by atoms with Crippen LogP contribution in [-0.4, -0.2) is 29.2 Å². The number of hydrogen-bond donors (Lipinski definition) is 1. The van der Waals surface area contributed by atoms with Crippen molar-refractivity contribution in [1.29, 1.82) is 0 Å². The molecule has 182 valence electrons. The first kappa shape index (κ1) is 23.5. The number of hydrogen-bond acceptors (Lipinski definition) is 4. The molecule has 2 fully saturated rings. The summed E-state index contributed by atoms with van der Waals surface area (Å²) in [4.78, 5) is 5.05. The van der Waals surface area contributed by atoms with Gasteiger partial charge in [0.05, 0.1) is 12.1 Å². The molecule has 0 bridgehead atoms. The van der Waals surface area contributed by atoms with Crippen molar-refractivity contribution in [1.82, 2.24) is 14.9 Å². The number of fused-ring (bicyclic) bond motifs is 1. The van der Waals surface area contributed by atoms with Gasteiger partial charge in [-0.25, -0.2) is 4.98 Å². The Bertz CT molecular complexity index is 1050. The van der Waals surface area contributed by atoms with Crippen LogP contribution in [0.5, 0.6) is 11.5 Å². The van der Waals surface area contributed by atoms with Gasteiger partial charge in [0.15, 0.2) is 0 Å². The highest BCUT2D eigenvalue weighted by atomic mass is 35.5. The van der Waals surface area contributed by atoms with E-state index in [0.717, 1.165) is 66.9 Å². The standard InChI is InChI=1S/C28H36ClN3O2/c29-23-9-11-24(12-10-23)33-20-27-31-28-25(32(27)18-15-21-13-16-30-17-14-21)7-4-8-26(28)34-19-22-5-2-1-3-6-22/h4,7-12,21-22,30H,1-3,5-6,13-20H2. The molecular weight excluding hydrogens is 446 g/mol. The molecule has 2 aliphatic rings. The summed E-state index contributed by atoms with van der Waals surface area (Å²) in [6.07, 6.45) is 10.2. The average molecular weight is 482 g/mol. The fourth-order valence-corrected chi connectivity index (χ4v) is 5.49. The maximum atomic E-state index is 6.36. The maximum Gasteiger partial charge on any atom is 0.148 e. The molecule has 2 heterocycles. The van der Waals surface area contributed by atoms with E-state index < -0.39 is 0 Å². The Hall–Kier alpha value is -2.24. The van der Waals surface area contributed by atoms with Gasteiger partial charge >= 0.3 is 0 Å². The second-order valence-corrected chi connectivity index (χ2v) is 10.3. The monoisotopic (exact) mass is 481 g/mol. The fraction of sp³-hybridized carbons (Fsp3) is 0.536. The van der Waals surface area contributed by atoms with Crippen LogP contribution >= 0.6 is 11.6 Å². The minimum Gasteiger partial charge on any atom is -0.491 e. The Balaban J connectivity index is 1.36. The molecule has 1 N–H and O–H groups in total. The molecular formula is C28H36ClN3O2. The first-order chi connectivity index (χ1) is 16.8. The lowest BCUT2D eigenvalue weighted by molar-refractivity contribution is 0.210. The molecule has 1 saturated heterocycles. The Kier molecular flexibility index (Phi) is 7.92. The van der Waals surface area contributed by atoms with Crippen molar-refractivity contribution in [2.45, 2.75) is 64.5 Å². The highest BCUT2D eigenvalue weighted by Gasteiger charge is 2.19. The number of aryl methyl sites for hydroxylation is 1. The minimum atomic E-state index is 0.421. The second kappa shape index (κ2) is 11.5. The van der Waals surface area contributed by atoms with Gasteiger partial charge in [-0.2, -0.15) is 0 Å². The molecule has 1 aliphatic carbocycles. The summed E-state index contributed by atoms with van der Waals surface area (Å²) in [7, 11) is 0. The van der Waals surface area contributed by atoms with E-state index in [2.05, 4.69) is 28.1 Å². The van der Waals surface area contributed by atoms with Gasteiger partial charge in [0, 0.05) is 11.6 Å². The molecule has 0 spiro atoms. The highest BCUT2D eigenvalue weighted by molar-refractivity contribution is 6.30. The molecule has 0 unspecified atom stereocenters. The molecule has 3 aromatic rings. The van der Waals surface area contributed by atoms with Crippen molar-refractivity contribution < 1.29 is 9.47 Å². The number of ether oxygens (including phenoxy) is 2. The number of para-hydroxylation sites is 1. The smallest absolute Gasteiger partial charge is 0.148 e. The molecule has 6 heteroatoms. The van der Waals surface area contributed by atoms with Gasteiger partial charge in [-0.1, -0.05) is 36.9 Å². The van der Waals surface area contributed by atoms with Gasteiger partial charge in [0.2, 0.25) is 0 Å². The third-order valence-electron chi connectivity index (χ3n) is 7.42. The summed E-state index contributed by atoms with van der Waals surface area (Å²) in [6.45, 7) is 4.41. The van der Waals surface area contributed by atoms with Gasteiger partial charge in [-0.05, 0) is 93.4 Å². The molecule has 1 aliphatic heterocycles. The van der Waals surface area contributed by atoms with Gasteiger partial charge in [-0.15, -0.1) is 0 Å². The first-order valence-corrected chi connectivity index (χ1v) is 13.3. The lowest BCUT2D eigenvalue weighted by atomic mass is 9.90. The van der Waals surface area contributed by atoms with Crippen LogP contribution in [0.25, 0.3) is 11.0 Å². The average Bonchev–Trinajstić information content (AvgIpc) is 3.25. The summed E-state index contributed by atoms with van der Waals surface area (Å²) >= 11 is 6.04. The number of rotatable bonds is 9. The molecule has 0 radical (unpaired) electrons. The zero-order valence-electron chi connectivity index (χ0n) is 20.0. The van der Waals surface area contributed by atoms with Crippen LogP contribution in [0.4, 0.5) is 0 Å². The van der Waals surface area contributed by atoms with E-state index in [4.69, 9.17) is 26.1 Å². The quantitative estimate of drug-likeness (QED) is 0.373. The molecule has 1 aromatic heterocycles. The van der Waals surface area contributed by atoms with Crippen LogP contribution in [0.15, 0.2) is 42.5 Å². The van der Waals surface area contributed by atoms with Crippen molar-refractivity contribution in [2.75, 3.05) is 19.7 Å². The molecule has 0 amide bonds. The van der Waals surface area contributed by atoms with Gasteiger partial charge in [0.25, 0.3) is 0 Å². The van der Waals surface area contributed by atoms with E-state index in [0.29, 0.717) is 17.5 Å². The van der Waals surface area contributed by atoms with Crippen LogP contribution < -0.4 is 14.8 Å². The predicted molar refractivity (Wildman–Crippen MR) is 138 cm³/mol. The topological polar surface area (TPSA) is 48.3 Å². The van der Waals surface area contributed by atoms with E-state index in [1.54, 1.807) is 0 Å². The molecule has 2 aromatic carbocycles. The van der Waals surface area contributed by atoms with E-state index >= 15 is 0 Å². The zero-order valence-corrected chi connectivity index (χ0v) is 20.7. The number of nitrogens with one attached hydrogen (secondary N) is 1. The van der Waals surface area contributed by atoms with E-state index in [9.17, 15) is 0 Å². The Morgan fingerprint density at radius 2 is 1.71 bits per heavy atom. The van der Waals surface area contributed by atoms with Gasteiger partial charge < -0.3 is 19.4 Å². The first-order valence-electron chi connectivity index (χ1n) is 13.0. The number of imidazole rings is 1. The number of halogens is 1. The van der Waals surface area contributed by atoms with Gasteiger partial charge in [0.1, 0.15) is 29.4 Å². The lowest BCUT2D eigenvalue weighted by Gasteiger charge is -2.23. The summed E-state index contributed by atoms with van der Waals surface area (Å²) in [5, 5.41) is 4.18. The summed E-state index contributed by atoms with van der Waals surface area (Å²) in [5.74, 6) is 4.08. The second-order valence-electron chi connectivity index (χ2n) is 9.84. The SMILES string of the molecule is Clc1ccc(OCc2nc3c(OCC4CCCCC4)cccc3n2CCC2CCNCC2)cc1. The third-order valence-corrected chi connectivity index (χ3v) is 7.67. The van der Waals surface area contributed by atoms with E-state index in [1.807, 2.05) is 24.3 Å². The van der Waals surface area contributed by atoms with Crippen LogP contribution in [0.3, 0.4) is 0 Å². The van der Waals surface area contributed by atoms with Crippen molar-refractivity contribution in [3.63, 3.8) is 0 Å². The minimum absolute atomic E-state index is 0.421. The number of piperidine rings is 1. The molecule has 0 atom stereocenters. The van der Waals surface area contributed by atoms with Crippen LogP contribution in [0, 0.1) is 11.8 Å². The van der Waals surface area contributed by atoms with Crippen molar-refractivity contribution >= 4 is 22.6 Å². The fourth-order valence-electron chi connectivity index (χ4n) is 5.37. The van der Waals surface area contributed by atoms with E-state index in [1.165, 1.54) is 44.9 Å². The van der Waals surface area contributed by atoms with Crippen molar-refractivity contribution in [3.8, 4) is 11.5 Å². The van der Waals surface area contributed by atoms with Crippen LogP contribution in [0.2, 0.25) is 5.02 Å².